The number of nitrogens with zero attached hydrogens (tertiary/aromatic N) is 1. The van der Waals surface area contributed by atoms with Crippen molar-refractivity contribution < 1.29 is 4.39 Å². The first-order valence-corrected chi connectivity index (χ1v) is 5.11. The second-order valence-corrected chi connectivity index (χ2v) is 3.83. The lowest BCUT2D eigenvalue weighted by molar-refractivity contribution is 0.451. The van der Waals surface area contributed by atoms with Crippen LogP contribution >= 0.6 is 0 Å². The summed E-state index contributed by atoms with van der Waals surface area (Å²) in [6.45, 7) is 3.81. The fraction of sp³-hybridized carbons (Fsp3) is 0.545. The van der Waals surface area contributed by atoms with Gasteiger partial charge in [0.25, 0.3) is 0 Å². The van der Waals surface area contributed by atoms with E-state index in [0.717, 1.165) is 31.6 Å². The van der Waals surface area contributed by atoms with Crippen molar-refractivity contribution in [1.29, 1.82) is 0 Å². The van der Waals surface area contributed by atoms with Gasteiger partial charge in [-0.1, -0.05) is 0 Å². The standard InChI is InChI=1S/C11H15FN2/c1-8-10(12)2-3-11(14-8)9-4-6-13-7-5-9/h2-3,9,13H,4-7H2,1H3. The van der Waals surface area contributed by atoms with Crippen LogP contribution in [0.4, 0.5) is 4.39 Å². The van der Waals surface area contributed by atoms with Crippen LogP contribution in [0, 0.1) is 12.7 Å². The smallest absolute Gasteiger partial charge is 0.144 e. The molecule has 2 heterocycles. The third-order valence-electron chi connectivity index (χ3n) is 2.80. The molecule has 0 atom stereocenters. The largest absolute Gasteiger partial charge is 0.317 e. The maximum atomic E-state index is 13.0. The van der Waals surface area contributed by atoms with Gasteiger partial charge in [0, 0.05) is 11.6 Å². The van der Waals surface area contributed by atoms with Crippen LogP contribution in [0.15, 0.2) is 12.1 Å². The zero-order valence-electron chi connectivity index (χ0n) is 8.39. The van der Waals surface area contributed by atoms with Gasteiger partial charge in [-0.3, -0.25) is 4.98 Å². The maximum absolute atomic E-state index is 13.0. The average molecular weight is 194 g/mol. The average Bonchev–Trinajstić information content (AvgIpc) is 2.23. The van der Waals surface area contributed by atoms with Crippen molar-refractivity contribution in [2.24, 2.45) is 0 Å². The normalized spacial score (nSPS) is 18.4. The first-order chi connectivity index (χ1) is 6.77. The van der Waals surface area contributed by atoms with E-state index < -0.39 is 0 Å². The predicted octanol–water partition coefficient (Wildman–Crippen LogP) is 2.00. The third kappa shape index (κ3) is 1.93. The lowest BCUT2D eigenvalue weighted by Crippen LogP contribution is -2.27. The van der Waals surface area contributed by atoms with Gasteiger partial charge in [-0.15, -0.1) is 0 Å². The van der Waals surface area contributed by atoms with Crippen molar-refractivity contribution in [3.05, 3.63) is 29.3 Å². The van der Waals surface area contributed by atoms with Crippen LogP contribution in [-0.4, -0.2) is 18.1 Å². The summed E-state index contributed by atoms with van der Waals surface area (Å²) in [4.78, 5) is 4.29. The second-order valence-electron chi connectivity index (χ2n) is 3.83. The number of aromatic nitrogens is 1. The number of hydrogen-bond acceptors (Lipinski definition) is 2. The molecule has 0 saturated carbocycles. The number of piperidine rings is 1. The van der Waals surface area contributed by atoms with Crippen molar-refractivity contribution in [2.45, 2.75) is 25.7 Å². The van der Waals surface area contributed by atoms with Gasteiger partial charge in [-0.2, -0.15) is 0 Å². The summed E-state index contributed by atoms with van der Waals surface area (Å²) >= 11 is 0. The Bertz CT molecular complexity index is 319. The molecule has 1 saturated heterocycles. The van der Waals surface area contributed by atoms with Gasteiger partial charge in [0.05, 0.1) is 5.69 Å². The monoisotopic (exact) mass is 194 g/mol. The van der Waals surface area contributed by atoms with Gasteiger partial charge in [0.1, 0.15) is 5.82 Å². The van der Waals surface area contributed by atoms with E-state index in [1.54, 1.807) is 6.92 Å². The Morgan fingerprint density at radius 1 is 1.36 bits per heavy atom. The van der Waals surface area contributed by atoms with E-state index in [-0.39, 0.29) is 5.82 Å². The summed E-state index contributed by atoms with van der Waals surface area (Å²) in [7, 11) is 0. The Labute approximate surface area is 83.6 Å². The summed E-state index contributed by atoms with van der Waals surface area (Å²) in [6.07, 6.45) is 2.22. The Kier molecular flexibility index (Phi) is 2.77. The zero-order chi connectivity index (χ0) is 9.97. The highest BCUT2D eigenvalue weighted by Crippen LogP contribution is 2.23. The Morgan fingerprint density at radius 3 is 2.71 bits per heavy atom. The van der Waals surface area contributed by atoms with Crippen LogP contribution in [0.2, 0.25) is 0 Å². The molecule has 76 valence electrons. The molecule has 1 N–H and O–H groups in total. The topological polar surface area (TPSA) is 24.9 Å². The minimum Gasteiger partial charge on any atom is -0.317 e. The summed E-state index contributed by atoms with van der Waals surface area (Å²) in [5.74, 6) is 0.304. The van der Waals surface area contributed by atoms with Gasteiger partial charge in [-0.25, -0.2) is 4.39 Å². The number of nitrogens with one attached hydrogen (secondary N) is 1. The minimum absolute atomic E-state index is 0.206. The number of aryl methyl sites for hydroxylation is 1. The summed E-state index contributed by atoms with van der Waals surface area (Å²) < 4.78 is 13.0. The second kappa shape index (κ2) is 4.05. The molecule has 0 spiro atoms. The van der Waals surface area contributed by atoms with E-state index in [1.165, 1.54) is 6.07 Å². The quantitative estimate of drug-likeness (QED) is 0.739. The number of rotatable bonds is 1. The van der Waals surface area contributed by atoms with Crippen molar-refractivity contribution in [1.82, 2.24) is 10.3 Å². The number of hydrogen-bond donors (Lipinski definition) is 1. The van der Waals surface area contributed by atoms with Crippen LogP contribution in [0.25, 0.3) is 0 Å². The molecule has 3 heteroatoms. The van der Waals surface area contributed by atoms with Gasteiger partial charge in [-0.05, 0) is 45.0 Å². The molecule has 0 bridgehead atoms. The van der Waals surface area contributed by atoms with Crippen LogP contribution in [0.5, 0.6) is 0 Å². The molecule has 0 aliphatic carbocycles. The molecule has 0 amide bonds. The summed E-state index contributed by atoms with van der Waals surface area (Å²) in [5.41, 5.74) is 1.56. The molecule has 2 rings (SSSR count). The molecule has 2 nitrogen and oxygen atoms in total. The lowest BCUT2D eigenvalue weighted by Gasteiger charge is -2.22. The third-order valence-corrected chi connectivity index (χ3v) is 2.80. The molecule has 1 aliphatic rings. The fourth-order valence-electron chi connectivity index (χ4n) is 1.91. The summed E-state index contributed by atoms with van der Waals surface area (Å²) in [6, 6.07) is 3.35. The first kappa shape index (κ1) is 9.59. The van der Waals surface area contributed by atoms with E-state index in [1.807, 2.05) is 6.07 Å². The van der Waals surface area contributed by atoms with Crippen LogP contribution < -0.4 is 5.32 Å². The Hall–Kier alpha value is -0.960. The summed E-state index contributed by atoms with van der Waals surface area (Å²) in [5, 5.41) is 3.31. The van der Waals surface area contributed by atoms with Crippen molar-refractivity contribution >= 4 is 0 Å². The highest BCUT2D eigenvalue weighted by molar-refractivity contribution is 5.16. The van der Waals surface area contributed by atoms with Crippen LogP contribution in [0.3, 0.4) is 0 Å². The lowest BCUT2D eigenvalue weighted by atomic mass is 9.94. The molecule has 0 radical (unpaired) electrons. The molecule has 1 aromatic rings. The molecular formula is C11H15FN2. The molecule has 1 aliphatic heterocycles. The number of pyridine rings is 1. The van der Waals surface area contributed by atoms with Gasteiger partial charge in [0.2, 0.25) is 0 Å². The highest BCUT2D eigenvalue weighted by atomic mass is 19.1. The van der Waals surface area contributed by atoms with Gasteiger partial charge in [0.15, 0.2) is 0 Å². The molecular weight excluding hydrogens is 179 g/mol. The zero-order valence-corrected chi connectivity index (χ0v) is 8.39. The Balaban J connectivity index is 2.18. The predicted molar refractivity (Wildman–Crippen MR) is 53.8 cm³/mol. The van der Waals surface area contributed by atoms with Crippen molar-refractivity contribution in [2.75, 3.05) is 13.1 Å². The van der Waals surface area contributed by atoms with E-state index in [9.17, 15) is 4.39 Å². The maximum Gasteiger partial charge on any atom is 0.144 e. The number of halogens is 1. The molecule has 1 aromatic heterocycles. The van der Waals surface area contributed by atoms with E-state index in [0.29, 0.717) is 11.6 Å². The molecule has 14 heavy (non-hydrogen) atoms. The van der Waals surface area contributed by atoms with Gasteiger partial charge < -0.3 is 5.32 Å². The van der Waals surface area contributed by atoms with Crippen LogP contribution in [-0.2, 0) is 0 Å². The van der Waals surface area contributed by atoms with Gasteiger partial charge >= 0.3 is 0 Å². The Morgan fingerprint density at radius 2 is 2.07 bits per heavy atom. The molecule has 0 aromatic carbocycles. The molecule has 0 unspecified atom stereocenters. The van der Waals surface area contributed by atoms with E-state index in [4.69, 9.17) is 0 Å². The highest BCUT2D eigenvalue weighted by Gasteiger charge is 2.16. The van der Waals surface area contributed by atoms with E-state index >= 15 is 0 Å². The first-order valence-electron chi connectivity index (χ1n) is 5.11. The van der Waals surface area contributed by atoms with Crippen LogP contribution in [0.1, 0.15) is 30.1 Å². The SMILES string of the molecule is Cc1nc(C2CCNCC2)ccc1F. The van der Waals surface area contributed by atoms with Crippen molar-refractivity contribution in [3.63, 3.8) is 0 Å². The minimum atomic E-state index is -0.206. The van der Waals surface area contributed by atoms with Crippen molar-refractivity contribution in [3.8, 4) is 0 Å². The fourth-order valence-corrected chi connectivity index (χ4v) is 1.91. The van der Waals surface area contributed by atoms with E-state index in [2.05, 4.69) is 10.3 Å². The molecule has 1 fully saturated rings.